The summed E-state index contributed by atoms with van der Waals surface area (Å²) < 4.78 is 0. The quantitative estimate of drug-likeness (QED) is 0.483. The Labute approximate surface area is 245 Å². The van der Waals surface area contributed by atoms with Crippen LogP contribution >= 0.6 is 0 Å². The lowest BCUT2D eigenvalue weighted by Crippen LogP contribution is -2.62. The maximum atomic E-state index is 14.4. The van der Waals surface area contributed by atoms with E-state index in [-0.39, 0.29) is 29.2 Å². The molecule has 4 rings (SSSR count). The second-order valence-electron chi connectivity index (χ2n) is 13.9. The number of nitrogens with one attached hydrogen (secondary N) is 3. The molecule has 0 spiro atoms. The number of hydrogen-bond acceptors (Lipinski definition) is 4. The van der Waals surface area contributed by atoms with E-state index in [0.29, 0.717) is 13.0 Å². The average Bonchev–Trinajstić information content (AvgIpc) is 2.93. The first-order valence-corrected chi connectivity index (χ1v) is 15.0. The Morgan fingerprint density at radius 1 is 0.951 bits per heavy atom. The van der Waals surface area contributed by atoms with Crippen LogP contribution in [0.4, 0.5) is 0 Å². The summed E-state index contributed by atoms with van der Waals surface area (Å²) in [5.41, 5.74) is 5.17. The van der Waals surface area contributed by atoms with E-state index < -0.39 is 23.5 Å². The zero-order chi connectivity index (χ0) is 30.1. The van der Waals surface area contributed by atoms with Crippen molar-refractivity contribution in [1.29, 1.82) is 0 Å². The van der Waals surface area contributed by atoms with Gasteiger partial charge in [-0.1, -0.05) is 84.0 Å². The minimum atomic E-state index is -0.788. The van der Waals surface area contributed by atoms with Gasteiger partial charge in [0, 0.05) is 13.0 Å². The third-order valence-electron chi connectivity index (χ3n) is 8.70. The van der Waals surface area contributed by atoms with E-state index in [1.165, 1.54) is 11.1 Å². The summed E-state index contributed by atoms with van der Waals surface area (Å²) in [5, 5.41) is 9.26. The van der Waals surface area contributed by atoms with Gasteiger partial charge in [0.1, 0.15) is 12.1 Å². The number of benzene rings is 2. The average molecular weight is 561 g/mol. The summed E-state index contributed by atoms with van der Waals surface area (Å²) in [6.07, 6.45) is 3.33. The number of likely N-dealkylation sites (N-methyl/N-ethyl adjacent to an activating group) is 1. The van der Waals surface area contributed by atoms with Crippen molar-refractivity contribution in [3.8, 4) is 0 Å². The summed E-state index contributed by atoms with van der Waals surface area (Å²) in [7, 11) is 1.72. The number of rotatable bonds is 6. The fourth-order valence-corrected chi connectivity index (χ4v) is 5.90. The van der Waals surface area contributed by atoms with Crippen molar-refractivity contribution < 1.29 is 14.4 Å². The number of hydrogen-bond donors (Lipinski definition) is 3. The van der Waals surface area contributed by atoms with Crippen molar-refractivity contribution in [2.45, 2.75) is 110 Å². The standard InChI is InChI=1S/C34H48N4O3/c1-21(35-8)30(39)37-29(34(5,6)7)32(41)38-20-24-18-25(33(2,3)4)17-16-23(24)19-28(38)31(40)36-27-15-11-13-22-12-9-10-14-26(22)27/h9-10,12,14,16-18,21,27-29,35H,11,13,15,19-20H2,1-8H3,(H,36,40)(H,37,39)/t21-,27+,28-,29+/m0/s1. The molecule has 0 bridgehead atoms. The smallest absolute Gasteiger partial charge is 0.246 e. The van der Waals surface area contributed by atoms with Crippen molar-refractivity contribution >= 4 is 17.7 Å². The van der Waals surface area contributed by atoms with Crippen LogP contribution in [0.25, 0.3) is 0 Å². The van der Waals surface area contributed by atoms with Gasteiger partial charge in [-0.05, 0) is 71.9 Å². The molecule has 3 N–H and O–H groups in total. The molecule has 0 unspecified atom stereocenters. The normalized spacial score (nSPS) is 20.3. The molecule has 0 radical (unpaired) electrons. The maximum Gasteiger partial charge on any atom is 0.246 e. The predicted octanol–water partition coefficient (Wildman–Crippen LogP) is 4.57. The number of carbonyl (C=O) groups is 3. The lowest BCUT2D eigenvalue weighted by molar-refractivity contribution is -0.147. The second-order valence-corrected chi connectivity index (χ2v) is 13.9. The zero-order valence-corrected chi connectivity index (χ0v) is 26.1. The van der Waals surface area contributed by atoms with Crippen LogP contribution in [0.3, 0.4) is 0 Å². The highest BCUT2D eigenvalue weighted by molar-refractivity contribution is 5.94. The van der Waals surface area contributed by atoms with E-state index in [0.717, 1.165) is 36.0 Å². The Morgan fingerprint density at radius 2 is 1.66 bits per heavy atom. The van der Waals surface area contributed by atoms with Gasteiger partial charge in [-0.15, -0.1) is 0 Å². The van der Waals surface area contributed by atoms with Crippen molar-refractivity contribution in [3.05, 3.63) is 70.3 Å². The molecule has 4 atom stereocenters. The van der Waals surface area contributed by atoms with Crippen molar-refractivity contribution in [1.82, 2.24) is 20.9 Å². The molecular formula is C34H48N4O3. The summed E-state index contributed by atoms with van der Waals surface area (Å²) >= 11 is 0. The van der Waals surface area contributed by atoms with Crippen molar-refractivity contribution in [2.75, 3.05) is 7.05 Å². The van der Waals surface area contributed by atoms with E-state index in [4.69, 9.17) is 0 Å². The SMILES string of the molecule is CN[C@@H](C)C(=O)N[C@H](C(=O)N1Cc2cc(C(C)(C)C)ccc2C[C@H]1C(=O)N[C@@H]1CCCc2ccccc21)C(C)(C)C. The fraction of sp³-hybridized carbons (Fsp3) is 0.559. The Bertz CT molecular complexity index is 1290. The van der Waals surface area contributed by atoms with Gasteiger partial charge in [-0.25, -0.2) is 0 Å². The molecule has 2 aliphatic rings. The van der Waals surface area contributed by atoms with E-state index in [2.05, 4.69) is 67.1 Å². The van der Waals surface area contributed by atoms with Crippen molar-refractivity contribution in [3.63, 3.8) is 0 Å². The Balaban J connectivity index is 1.69. The van der Waals surface area contributed by atoms with E-state index in [1.54, 1.807) is 18.9 Å². The monoisotopic (exact) mass is 560 g/mol. The zero-order valence-electron chi connectivity index (χ0n) is 26.1. The van der Waals surface area contributed by atoms with E-state index in [9.17, 15) is 14.4 Å². The van der Waals surface area contributed by atoms with Gasteiger partial charge in [0.25, 0.3) is 0 Å². The molecule has 2 aromatic carbocycles. The molecule has 0 aromatic heterocycles. The highest BCUT2D eigenvalue weighted by Crippen LogP contribution is 2.33. The molecule has 1 aliphatic carbocycles. The van der Waals surface area contributed by atoms with Crippen molar-refractivity contribution in [2.24, 2.45) is 5.41 Å². The van der Waals surface area contributed by atoms with Crippen LogP contribution in [0.15, 0.2) is 42.5 Å². The fourth-order valence-electron chi connectivity index (χ4n) is 5.90. The minimum absolute atomic E-state index is 0.0440. The molecule has 222 valence electrons. The van der Waals surface area contributed by atoms with Gasteiger partial charge in [0.05, 0.1) is 12.1 Å². The molecule has 41 heavy (non-hydrogen) atoms. The number of carbonyl (C=O) groups excluding carboxylic acids is 3. The highest BCUT2D eigenvalue weighted by Gasteiger charge is 2.43. The second kappa shape index (κ2) is 12.0. The summed E-state index contributed by atoms with van der Waals surface area (Å²) in [5.74, 6) is -0.619. The highest BCUT2D eigenvalue weighted by atomic mass is 16.2. The number of fused-ring (bicyclic) bond motifs is 2. The number of nitrogens with zero attached hydrogens (tertiary/aromatic N) is 1. The van der Waals surface area contributed by atoms with Gasteiger partial charge in [-0.2, -0.15) is 0 Å². The van der Waals surface area contributed by atoms with Gasteiger partial charge in [-0.3, -0.25) is 14.4 Å². The van der Waals surface area contributed by atoms with Gasteiger partial charge in [0.2, 0.25) is 17.7 Å². The molecule has 1 aliphatic heterocycles. The Morgan fingerprint density at radius 3 is 2.32 bits per heavy atom. The van der Waals surface area contributed by atoms with Crippen LogP contribution < -0.4 is 16.0 Å². The number of aryl methyl sites for hydroxylation is 1. The topological polar surface area (TPSA) is 90.5 Å². The van der Waals surface area contributed by atoms with E-state index >= 15 is 0 Å². The lowest BCUT2D eigenvalue weighted by atomic mass is 9.81. The molecule has 7 nitrogen and oxygen atoms in total. The minimum Gasteiger partial charge on any atom is -0.347 e. The molecular weight excluding hydrogens is 512 g/mol. The van der Waals surface area contributed by atoms with Gasteiger partial charge < -0.3 is 20.9 Å². The third kappa shape index (κ3) is 6.83. The van der Waals surface area contributed by atoms with Crippen LogP contribution in [-0.2, 0) is 39.2 Å². The largest absolute Gasteiger partial charge is 0.347 e. The summed E-state index contributed by atoms with van der Waals surface area (Å²) in [4.78, 5) is 43.1. The maximum absolute atomic E-state index is 14.4. The molecule has 0 saturated carbocycles. The third-order valence-corrected chi connectivity index (χ3v) is 8.70. The number of amides is 3. The molecule has 3 amide bonds. The van der Waals surface area contributed by atoms with Crippen LogP contribution in [0.1, 0.15) is 95.2 Å². The van der Waals surface area contributed by atoms with E-state index in [1.807, 2.05) is 32.9 Å². The van der Waals surface area contributed by atoms with Crippen LogP contribution in [-0.4, -0.2) is 47.8 Å². The van der Waals surface area contributed by atoms with Gasteiger partial charge >= 0.3 is 0 Å². The van der Waals surface area contributed by atoms with Crippen LogP contribution in [0, 0.1) is 5.41 Å². The Hall–Kier alpha value is -3.19. The summed E-state index contributed by atoms with van der Waals surface area (Å²) in [6, 6.07) is 12.7. The molecule has 2 aromatic rings. The first-order valence-electron chi connectivity index (χ1n) is 15.0. The van der Waals surface area contributed by atoms with Crippen LogP contribution in [0.5, 0.6) is 0 Å². The summed E-state index contributed by atoms with van der Waals surface area (Å²) in [6.45, 7) is 14.5. The molecule has 7 heteroatoms. The molecule has 0 saturated heterocycles. The molecule has 0 fully saturated rings. The van der Waals surface area contributed by atoms with Gasteiger partial charge in [0.15, 0.2) is 0 Å². The first-order chi connectivity index (χ1) is 19.2. The Kier molecular flexibility index (Phi) is 8.98. The van der Waals surface area contributed by atoms with Crippen LogP contribution in [0.2, 0.25) is 0 Å². The molecule has 1 heterocycles. The lowest BCUT2D eigenvalue weighted by Gasteiger charge is -2.42. The first kappa shape index (κ1) is 30.8. The predicted molar refractivity (Wildman–Crippen MR) is 163 cm³/mol.